The van der Waals surface area contributed by atoms with Crippen LogP contribution in [0.15, 0.2) is 47.7 Å². The maximum atomic E-state index is 9.58. The summed E-state index contributed by atoms with van der Waals surface area (Å²) in [6.45, 7) is 7.66. The van der Waals surface area contributed by atoms with Crippen molar-refractivity contribution >= 4 is 29.9 Å². The third-order valence-corrected chi connectivity index (χ3v) is 5.22. The SMILES string of the molecule is CCNC(=NCCCN1CCC(O)CC1)NCCc1ccc(-n2cccn2)cc1.I. The Morgan fingerprint density at radius 3 is 2.63 bits per heavy atom. The second kappa shape index (κ2) is 13.6. The minimum atomic E-state index is -0.101. The third kappa shape index (κ3) is 8.23. The van der Waals surface area contributed by atoms with Crippen LogP contribution in [-0.2, 0) is 6.42 Å². The van der Waals surface area contributed by atoms with Crippen LogP contribution in [0.4, 0.5) is 0 Å². The number of piperidine rings is 1. The summed E-state index contributed by atoms with van der Waals surface area (Å²) < 4.78 is 1.87. The van der Waals surface area contributed by atoms with Gasteiger partial charge in [0.25, 0.3) is 0 Å². The van der Waals surface area contributed by atoms with E-state index in [1.807, 2.05) is 16.9 Å². The van der Waals surface area contributed by atoms with Gasteiger partial charge in [0.15, 0.2) is 5.96 Å². The summed E-state index contributed by atoms with van der Waals surface area (Å²) in [4.78, 5) is 7.12. The van der Waals surface area contributed by atoms with Crippen LogP contribution in [0.3, 0.4) is 0 Å². The number of hydrogen-bond donors (Lipinski definition) is 3. The van der Waals surface area contributed by atoms with Gasteiger partial charge in [-0.3, -0.25) is 4.99 Å². The summed E-state index contributed by atoms with van der Waals surface area (Å²) in [6, 6.07) is 10.4. The van der Waals surface area contributed by atoms with Crippen molar-refractivity contribution in [2.24, 2.45) is 4.99 Å². The number of aliphatic hydroxyl groups excluding tert-OH is 1. The molecule has 3 rings (SSSR count). The van der Waals surface area contributed by atoms with Gasteiger partial charge >= 0.3 is 0 Å². The van der Waals surface area contributed by atoms with Gasteiger partial charge < -0.3 is 20.6 Å². The first kappa shape index (κ1) is 24.6. The summed E-state index contributed by atoms with van der Waals surface area (Å²) in [5, 5.41) is 20.6. The molecular formula is C22H35IN6O. The second-order valence-electron chi connectivity index (χ2n) is 7.48. The van der Waals surface area contributed by atoms with Crippen LogP contribution >= 0.6 is 24.0 Å². The zero-order valence-corrected chi connectivity index (χ0v) is 20.2. The second-order valence-corrected chi connectivity index (χ2v) is 7.48. The summed E-state index contributed by atoms with van der Waals surface area (Å²) >= 11 is 0. The molecule has 166 valence electrons. The van der Waals surface area contributed by atoms with E-state index in [2.05, 4.69) is 51.8 Å². The van der Waals surface area contributed by atoms with Crippen molar-refractivity contribution in [3.05, 3.63) is 48.3 Å². The van der Waals surface area contributed by atoms with Gasteiger partial charge in [-0.25, -0.2) is 4.68 Å². The summed E-state index contributed by atoms with van der Waals surface area (Å²) in [5.41, 5.74) is 2.36. The lowest BCUT2D eigenvalue weighted by Gasteiger charge is -2.29. The number of nitrogens with zero attached hydrogens (tertiary/aromatic N) is 4. The Kier molecular flexibility index (Phi) is 11.2. The minimum Gasteiger partial charge on any atom is -0.393 e. The molecule has 0 saturated carbocycles. The predicted octanol–water partition coefficient (Wildman–Crippen LogP) is 2.43. The third-order valence-electron chi connectivity index (χ3n) is 5.22. The van der Waals surface area contributed by atoms with E-state index < -0.39 is 0 Å². The molecular weight excluding hydrogens is 491 g/mol. The first-order chi connectivity index (χ1) is 14.2. The van der Waals surface area contributed by atoms with Crippen LogP contribution < -0.4 is 10.6 Å². The highest BCUT2D eigenvalue weighted by molar-refractivity contribution is 14.0. The first-order valence-electron chi connectivity index (χ1n) is 10.8. The number of halogens is 1. The number of aliphatic hydroxyl groups is 1. The van der Waals surface area contributed by atoms with Gasteiger partial charge in [-0.2, -0.15) is 5.10 Å². The maximum Gasteiger partial charge on any atom is 0.191 e. The molecule has 1 aliphatic heterocycles. The molecule has 0 unspecified atom stereocenters. The lowest BCUT2D eigenvalue weighted by molar-refractivity contribution is 0.0824. The molecule has 1 saturated heterocycles. The summed E-state index contributed by atoms with van der Waals surface area (Å²) in [7, 11) is 0. The van der Waals surface area contributed by atoms with Gasteiger partial charge in [-0.15, -0.1) is 24.0 Å². The molecule has 0 atom stereocenters. The molecule has 0 radical (unpaired) electrons. The number of nitrogens with one attached hydrogen (secondary N) is 2. The highest BCUT2D eigenvalue weighted by atomic mass is 127. The topological polar surface area (TPSA) is 77.7 Å². The number of aliphatic imine (C=N–C) groups is 1. The standard InChI is InChI=1S/C22H34N6O.HI/c1-2-23-22(24-12-3-15-27-17-10-21(29)11-18-27)25-14-9-19-5-7-20(8-6-19)28-16-4-13-26-28;/h4-8,13,16,21,29H,2-3,9-12,14-15,17-18H2,1H3,(H2,23,24,25);1H. The van der Waals surface area contributed by atoms with Crippen molar-refractivity contribution < 1.29 is 5.11 Å². The van der Waals surface area contributed by atoms with Gasteiger partial charge in [0.1, 0.15) is 0 Å². The van der Waals surface area contributed by atoms with E-state index in [9.17, 15) is 5.11 Å². The summed E-state index contributed by atoms with van der Waals surface area (Å²) in [5.74, 6) is 0.884. The van der Waals surface area contributed by atoms with Crippen molar-refractivity contribution in [3.8, 4) is 5.69 Å². The fourth-order valence-corrected chi connectivity index (χ4v) is 3.53. The smallest absolute Gasteiger partial charge is 0.191 e. The van der Waals surface area contributed by atoms with Crippen LogP contribution in [0, 0.1) is 0 Å². The fraction of sp³-hybridized carbons (Fsp3) is 0.545. The molecule has 0 aliphatic carbocycles. The Balaban J connectivity index is 0.00000320. The molecule has 1 aliphatic rings. The van der Waals surface area contributed by atoms with Crippen molar-refractivity contribution in [1.29, 1.82) is 0 Å². The molecule has 0 spiro atoms. The van der Waals surface area contributed by atoms with Gasteiger partial charge in [0.2, 0.25) is 0 Å². The van der Waals surface area contributed by atoms with Crippen molar-refractivity contribution in [2.45, 2.75) is 38.7 Å². The van der Waals surface area contributed by atoms with Crippen LogP contribution in [0.5, 0.6) is 0 Å². The van der Waals surface area contributed by atoms with Crippen molar-refractivity contribution in [1.82, 2.24) is 25.3 Å². The number of likely N-dealkylation sites (tertiary alicyclic amines) is 1. The molecule has 2 heterocycles. The van der Waals surface area contributed by atoms with Crippen LogP contribution in [0.2, 0.25) is 0 Å². The van der Waals surface area contributed by atoms with E-state index in [0.29, 0.717) is 0 Å². The number of hydrogen-bond acceptors (Lipinski definition) is 4. The van der Waals surface area contributed by atoms with Crippen LogP contribution in [0.25, 0.3) is 5.69 Å². The largest absolute Gasteiger partial charge is 0.393 e. The Hall–Kier alpha value is -1.65. The Morgan fingerprint density at radius 2 is 1.97 bits per heavy atom. The molecule has 1 fully saturated rings. The number of benzene rings is 1. The normalized spacial score (nSPS) is 15.6. The number of aromatic nitrogens is 2. The van der Waals surface area contributed by atoms with E-state index >= 15 is 0 Å². The van der Waals surface area contributed by atoms with E-state index in [0.717, 1.165) is 76.6 Å². The highest BCUT2D eigenvalue weighted by Gasteiger charge is 2.15. The van der Waals surface area contributed by atoms with E-state index in [4.69, 9.17) is 4.99 Å². The lowest BCUT2D eigenvalue weighted by atomic mass is 10.1. The molecule has 3 N–H and O–H groups in total. The average Bonchev–Trinajstić information content (AvgIpc) is 3.28. The quantitative estimate of drug-likeness (QED) is 0.203. The number of guanidine groups is 1. The Bertz CT molecular complexity index is 727. The van der Waals surface area contributed by atoms with Gasteiger partial charge in [-0.05, 0) is 62.9 Å². The maximum absolute atomic E-state index is 9.58. The Labute approximate surface area is 197 Å². The minimum absolute atomic E-state index is 0. The Morgan fingerprint density at radius 1 is 1.20 bits per heavy atom. The van der Waals surface area contributed by atoms with E-state index in [1.165, 1.54) is 5.56 Å². The monoisotopic (exact) mass is 526 g/mol. The zero-order valence-electron chi connectivity index (χ0n) is 17.8. The summed E-state index contributed by atoms with van der Waals surface area (Å²) in [6.07, 6.45) is 7.42. The molecule has 7 nitrogen and oxygen atoms in total. The predicted molar refractivity (Wildman–Crippen MR) is 133 cm³/mol. The van der Waals surface area contributed by atoms with Crippen LogP contribution in [-0.4, -0.2) is 71.1 Å². The van der Waals surface area contributed by atoms with Crippen molar-refractivity contribution in [3.63, 3.8) is 0 Å². The highest BCUT2D eigenvalue weighted by Crippen LogP contribution is 2.10. The number of rotatable bonds is 9. The van der Waals surface area contributed by atoms with Crippen molar-refractivity contribution in [2.75, 3.05) is 39.3 Å². The van der Waals surface area contributed by atoms with Crippen LogP contribution in [0.1, 0.15) is 31.7 Å². The van der Waals surface area contributed by atoms with E-state index in [-0.39, 0.29) is 30.1 Å². The van der Waals surface area contributed by atoms with Gasteiger partial charge in [0, 0.05) is 45.1 Å². The molecule has 1 aromatic heterocycles. The first-order valence-corrected chi connectivity index (χ1v) is 10.8. The fourth-order valence-electron chi connectivity index (χ4n) is 3.53. The zero-order chi connectivity index (χ0) is 20.3. The van der Waals surface area contributed by atoms with Gasteiger partial charge in [0.05, 0.1) is 11.8 Å². The van der Waals surface area contributed by atoms with E-state index in [1.54, 1.807) is 6.20 Å². The molecule has 0 bridgehead atoms. The van der Waals surface area contributed by atoms with Gasteiger partial charge in [-0.1, -0.05) is 12.1 Å². The lowest BCUT2D eigenvalue weighted by Crippen LogP contribution is -2.39. The molecule has 2 aromatic rings. The average molecular weight is 526 g/mol. The molecule has 30 heavy (non-hydrogen) atoms. The molecule has 0 amide bonds. The molecule has 8 heteroatoms. The molecule has 1 aromatic carbocycles.